The topological polar surface area (TPSA) is 30.7 Å². The highest BCUT2D eigenvalue weighted by molar-refractivity contribution is 6.32. The summed E-state index contributed by atoms with van der Waals surface area (Å²) >= 11 is 18.7. The van der Waals surface area contributed by atoms with Crippen molar-refractivity contribution < 1.29 is 0 Å². The maximum atomic E-state index is 6.29. The lowest BCUT2D eigenvalue weighted by molar-refractivity contribution is 0.503. The number of hydrogen-bond acceptors (Lipinski definition) is 2. The van der Waals surface area contributed by atoms with Gasteiger partial charge in [-0.05, 0) is 11.6 Å². The summed E-state index contributed by atoms with van der Waals surface area (Å²) in [6.07, 6.45) is 2.12. The number of halogens is 3. The molecule has 1 heterocycles. The van der Waals surface area contributed by atoms with E-state index in [1.165, 1.54) is 6.33 Å². The van der Waals surface area contributed by atoms with E-state index in [4.69, 9.17) is 34.8 Å². The molecule has 0 saturated carbocycles. The fourth-order valence-electron chi connectivity index (χ4n) is 2.04. The fourth-order valence-corrected chi connectivity index (χ4v) is 3.14. The first kappa shape index (κ1) is 14.6. The monoisotopic (exact) mass is 317 g/mol. The molecule has 3 nitrogen and oxygen atoms in total. The lowest BCUT2D eigenvalue weighted by Crippen LogP contribution is -2.34. The van der Waals surface area contributed by atoms with Gasteiger partial charge in [0.2, 0.25) is 0 Å². The highest BCUT2D eigenvalue weighted by Gasteiger charge is 2.34. The van der Waals surface area contributed by atoms with Crippen molar-refractivity contribution in [2.45, 2.75) is 11.8 Å². The van der Waals surface area contributed by atoms with Crippen molar-refractivity contribution in [1.82, 2.24) is 14.8 Å². The van der Waals surface area contributed by atoms with Gasteiger partial charge in [0.25, 0.3) is 0 Å². The van der Waals surface area contributed by atoms with Crippen LogP contribution in [0.15, 0.2) is 30.6 Å². The van der Waals surface area contributed by atoms with Gasteiger partial charge in [0.15, 0.2) is 0 Å². The number of benzene rings is 1. The molecule has 6 heteroatoms. The van der Waals surface area contributed by atoms with Crippen LogP contribution in [0.4, 0.5) is 0 Å². The van der Waals surface area contributed by atoms with Crippen LogP contribution in [0.2, 0.25) is 5.02 Å². The minimum Gasteiger partial charge on any atom is -0.253 e. The van der Waals surface area contributed by atoms with E-state index in [-0.39, 0.29) is 0 Å². The average Bonchev–Trinajstić information content (AvgIpc) is 2.82. The van der Waals surface area contributed by atoms with Crippen molar-refractivity contribution >= 4 is 34.8 Å². The van der Waals surface area contributed by atoms with Crippen LogP contribution in [0.5, 0.6) is 0 Å². The van der Waals surface area contributed by atoms with Crippen LogP contribution in [-0.2, 0) is 18.9 Å². The van der Waals surface area contributed by atoms with Gasteiger partial charge in [-0.1, -0.05) is 29.8 Å². The van der Waals surface area contributed by atoms with Crippen LogP contribution in [-0.4, -0.2) is 26.5 Å². The van der Waals surface area contributed by atoms with Gasteiger partial charge in [0, 0.05) is 35.7 Å². The molecule has 0 aliphatic heterocycles. The second kappa shape index (κ2) is 6.12. The summed E-state index contributed by atoms with van der Waals surface area (Å²) in [5.74, 6) is 1.57. The molecule has 0 amide bonds. The largest absolute Gasteiger partial charge is 0.253 e. The molecule has 0 fully saturated rings. The Morgan fingerprint density at radius 3 is 2.42 bits per heavy atom. The summed E-state index contributed by atoms with van der Waals surface area (Å²) in [4.78, 5) is 4.24. The van der Waals surface area contributed by atoms with E-state index in [1.54, 1.807) is 4.68 Å². The van der Waals surface area contributed by atoms with Gasteiger partial charge in [-0.2, -0.15) is 5.10 Å². The Labute approximate surface area is 127 Å². The number of rotatable bonds is 5. The minimum absolute atomic E-state index is 0.368. The SMILES string of the molecule is Cn1ncnc1CC(CCl)(CCl)c1ccccc1Cl. The van der Waals surface area contributed by atoms with Gasteiger partial charge in [0.1, 0.15) is 12.2 Å². The summed E-state index contributed by atoms with van der Waals surface area (Å²) in [5.41, 5.74) is 0.507. The standard InChI is InChI=1S/C13H14Cl3N3/c1-19-12(17-9-18-19)6-13(7-14,8-15)10-4-2-3-5-11(10)16/h2-5,9H,6-8H2,1H3. The van der Waals surface area contributed by atoms with E-state index >= 15 is 0 Å². The van der Waals surface area contributed by atoms with Crippen molar-refractivity contribution in [1.29, 1.82) is 0 Å². The first-order valence-electron chi connectivity index (χ1n) is 5.83. The summed E-state index contributed by atoms with van der Waals surface area (Å²) < 4.78 is 1.73. The van der Waals surface area contributed by atoms with Gasteiger partial charge < -0.3 is 0 Å². The first-order chi connectivity index (χ1) is 9.13. The molecule has 1 aromatic carbocycles. The number of aryl methyl sites for hydroxylation is 1. The number of alkyl halides is 2. The molecule has 1 aromatic heterocycles. The molecular formula is C13H14Cl3N3. The number of aromatic nitrogens is 3. The second-order valence-electron chi connectivity index (χ2n) is 4.50. The summed E-state index contributed by atoms with van der Waals surface area (Å²) in [6, 6.07) is 7.64. The van der Waals surface area contributed by atoms with Gasteiger partial charge in [-0.3, -0.25) is 4.68 Å². The molecule has 2 rings (SSSR count). The van der Waals surface area contributed by atoms with Crippen LogP contribution >= 0.6 is 34.8 Å². The maximum Gasteiger partial charge on any atom is 0.138 e. The summed E-state index contributed by atoms with van der Waals surface area (Å²) in [7, 11) is 1.85. The lowest BCUT2D eigenvalue weighted by atomic mass is 9.80. The van der Waals surface area contributed by atoms with Crippen LogP contribution in [0.3, 0.4) is 0 Å². The summed E-state index contributed by atoms with van der Waals surface area (Å²) in [5, 5.41) is 4.74. The zero-order valence-corrected chi connectivity index (χ0v) is 12.8. The van der Waals surface area contributed by atoms with Gasteiger partial charge in [-0.25, -0.2) is 4.98 Å². The molecule has 0 spiro atoms. The smallest absolute Gasteiger partial charge is 0.138 e. The zero-order valence-electron chi connectivity index (χ0n) is 10.5. The van der Waals surface area contributed by atoms with Crippen molar-refractivity contribution in [2.24, 2.45) is 7.05 Å². The van der Waals surface area contributed by atoms with Gasteiger partial charge in [0.05, 0.1) is 0 Å². The van der Waals surface area contributed by atoms with E-state index in [0.29, 0.717) is 23.2 Å². The Kier molecular flexibility index (Phi) is 4.71. The molecule has 0 saturated heterocycles. The van der Waals surface area contributed by atoms with Gasteiger partial charge in [-0.15, -0.1) is 23.2 Å². The van der Waals surface area contributed by atoms with E-state index in [9.17, 15) is 0 Å². The van der Waals surface area contributed by atoms with E-state index in [1.807, 2.05) is 31.3 Å². The third-order valence-electron chi connectivity index (χ3n) is 3.26. The molecule has 0 atom stereocenters. The molecular weight excluding hydrogens is 305 g/mol. The van der Waals surface area contributed by atoms with Crippen molar-refractivity contribution in [3.63, 3.8) is 0 Å². The molecule has 0 N–H and O–H groups in total. The quantitative estimate of drug-likeness (QED) is 0.791. The molecule has 0 aliphatic carbocycles. The molecule has 0 aliphatic rings. The Hall–Kier alpha value is -0.770. The van der Waals surface area contributed by atoms with Crippen LogP contribution < -0.4 is 0 Å². The average molecular weight is 319 g/mol. The van der Waals surface area contributed by atoms with Crippen LogP contribution in [0.1, 0.15) is 11.4 Å². The number of nitrogens with zero attached hydrogens (tertiary/aromatic N) is 3. The Bertz CT molecular complexity index is 550. The van der Waals surface area contributed by atoms with E-state index < -0.39 is 5.41 Å². The summed E-state index contributed by atoms with van der Waals surface area (Å²) in [6.45, 7) is 0. The molecule has 0 radical (unpaired) electrons. The Morgan fingerprint density at radius 2 is 1.89 bits per heavy atom. The minimum atomic E-state index is -0.442. The Balaban J connectivity index is 2.44. The normalized spacial score (nSPS) is 11.8. The zero-order chi connectivity index (χ0) is 13.9. The molecule has 0 unspecified atom stereocenters. The predicted octanol–water partition coefficient (Wildman–Crippen LogP) is 3.43. The van der Waals surface area contributed by atoms with Crippen LogP contribution in [0, 0.1) is 0 Å². The molecule has 19 heavy (non-hydrogen) atoms. The molecule has 2 aromatic rings. The third-order valence-corrected chi connectivity index (χ3v) is 4.61. The predicted molar refractivity (Wildman–Crippen MR) is 79.3 cm³/mol. The van der Waals surface area contributed by atoms with Crippen LogP contribution in [0.25, 0.3) is 0 Å². The van der Waals surface area contributed by atoms with E-state index in [2.05, 4.69) is 10.1 Å². The Morgan fingerprint density at radius 1 is 1.21 bits per heavy atom. The van der Waals surface area contributed by atoms with Crippen molar-refractivity contribution in [3.05, 3.63) is 47.0 Å². The lowest BCUT2D eigenvalue weighted by Gasteiger charge is -2.30. The van der Waals surface area contributed by atoms with Gasteiger partial charge >= 0.3 is 0 Å². The second-order valence-corrected chi connectivity index (χ2v) is 5.45. The number of hydrogen-bond donors (Lipinski definition) is 0. The molecule has 0 bridgehead atoms. The maximum absolute atomic E-state index is 6.29. The van der Waals surface area contributed by atoms with Crippen molar-refractivity contribution in [2.75, 3.05) is 11.8 Å². The van der Waals surface area contributed by atoms with Crippen molar-refractivity contribution in [3.8, 4) is 0 Å². The first-order valence-corrected chi connectivity index (χ1v) is 7.27. The fraction of sp³-hybridized carbons (Fsp3) is 0.385. The highest BCUT2D eigenvalue weighted by Crippen LogP contribution is 2.35. The third kappa shape index (κ3) is 2.88. The molecule has 102 valence electrons. The van der Waals surface area contributed by atoms with E-state index in [0.717, 1.165) is 11.4 Å². The highest BCUT2D eigenvalue weighted by atomic mass is 35.5.